The first-order valence-electron chi connectivity index (χ1n) is 22.9. The summed E-state index contributed by atoms with van der Waals surface area (Å²) in [5.41, 5.74) is 3.19. The maximum Gasteiger partial charge on any atom is 0.193 e. The van der Waals surface area contributed by atoms with Crippen molar-refractivity contribution in [2.24, 2.45) is 0 Å². The molecule has 0 spiro atoms. The molecule has 0 bridgehead atoms. The van der Waals surface area contributed by atoms with Crippen molar-refractivity contribution in [1.29, 1.82) is 0 Å². The normalized spacial score (nSPS) is 12.3. The Hall–Kier alpha value is -5.25. The van der Waals surface area contributed by atoms with Crippen molar-refractivity contribution in [1.82, 2.24) is 4.90 Å². The van der Waals surface area contributed by atoms with E-state index in [1.807, 2.05) is 95.5 Å². The van der Waals surface area contributed by atoms with Crippen LogP contribution in [0.1, 0.15) is 143 Å². The van der Waals surface area contributed by atoms with Crippen LogP contribution >= 0.6 is 0 Å². The van der Waals surface area contributed by atoms with Crippen LogP contribution in [0.2, 0.25) is 0 Å². The maximum absolute atomic E-state index is 14.0. The lowest BCUT2D eigenvalue weighted by molar-refractivity contribution is -0.0163. The summed E-state index contributed by atoms with van der Waals surface area (Å²) in [5.74, 6) is 0.295. The van der Waals surface area contributed by atoms with Crippen molar-refractivity contribution in [2.75, 3.05) is 27.3 Å². The van der Waals surface area contributed by atoms with Gasteiger partial charge < -0.3 is 19.7 Å². The van der Waals surface area contributed by atoms with Gasteiger partial charge in [-0.15, -0.1) is 0 Å². The number of carbonyl (C=O) groups is 3. The number of benzene rings is 5. The molecule has 0 amide bonds. The summed E-state index contributed by atoms with van der Waals surface area (Å²) in [6, 6.07) is 43.0. The van der Waals surface area contributed by atoms with Crippen molar-refractivity contribution >= 4 is 17.3 Å². The number of likely N-dealkylation sites (N-methyl/N-ethyl adjacent to an activating group) is 1. The molecule has 0 heterocycles. The van der Waals surface area contributed by atoms with Crippen LogP contribution in [-0.2, 0) is 28.4 Å². The molecule has 8 nitrogen and oxygen atoms in total. The molecule has 2 N–H and O–H groups in total. The van der Waals surface area contributed by atoms with Crippen LogP contribution in [0.15, 0.2) is 133 Å². The van der Waals surface area contributed by atoms with Crippen LogP contribution < -0.4 is 4.74 Å². The second-order valence-electron chi connectivity index (χ2n) is 21.3. The molecule has 66 heavy (non-hydrogen) atoms. The highest BCUT2D eigenvalue weighted by atomic mass is 16.5. The molecule has 0 aliphatic heterocycles. The Labute approximate surface area is 396 Å². The fraction of sp³-hybridized carbons (Fsp3) is 0.431. The Kier molecular flexibility index (Phi) is 19.2. The van der Waals surface area contributed by atoms with E-state index in [1.54, 1.807) is 36.4 Å². The molecule has 0 radical (unpaired) electrons. The summed E-state index contributed by atoms with van der Waals surface area (Å²) in [5, 5.41) is 19.3. The van der Waals surface area contributed by atoms with Crippen molar-refractivity contribution in [3.05, 3.63) is 172 Å². The topological polar surface area (TPSA) is 113 Å². The first-order chi connectivity index (χ1) is 30.4. The summed E-state index contributed by atoms with van der Waals surface area (Å²) < 4.78 is 11.1. The van der Waals surface area contributed by atoms with Gasteiger partial charge in [0.25, 0.3) is 0 Å². The van der Waals surface area contributed by atoms with Crippen molar-refractivity contribution in [2.45, 2.75) is 136 Å². The molecule has 5 aromatic carbocycles. The minimum Gasteiger partial charge on any atom is -0.491 e. The van der Waals surface area contributed by atoms with E-state index in [-0.39, 0.29) is 33.8 Å². The van der Waals surface area contributed by atoms with E-state index < -0.39 is 16.7 Å². The Morgan fingerprint density at radius 1 is 0.455 bits per heavy atom. The highest BCUT2D eigenvalue weighted by molar-refractivity contribution is 6.04. The molecule has 5 aromatic rings. The van der Waals surface area contributed by atoms with Gasteiger partial charge in [-0.25, -0.2) is 0 Å². The Balaban J connectivity index is 0.000000279. The van der Waals surface area contributed by atoms with Crippen molar-refractivity contribution in [3.8, 4) is 5.75 Å². The lowest BCUT2D eigenvalue weighted by Crippen LogP contribution is -2.54. The van der Waals surface area contributed by atoms with Gasteiger partial charge in [-0.05, 0) is 133 Å². The van der Waals surface area contributed by atoms with Crippen LogP contribution in [0.5, 0.6) is 5.75 Å². The zero-order valence-electron chi connectivity index (χ0n) is 42.4. The third kappa shape index (κ3) is 17.2. The van der Waals surface area contributed by atoms with E-state index in [4.69, 9.17) is 9.47 Å². The smallest absolute Gasteiger partial charge is 0.193 e. The lowest BCUT2D eigenvalue weighted by atomic mass is 9.77. The van der Waals surface area contributed by atoms with E-state index in [2.05, 4.69) is 82.8 Å². The van der Waals surface area contributed by atoms with E-state index in [0.717, 1.165) is 5.56 Å². The van der Waals surface area contributed by atoms with Gasteiger partial charge in [0.05, 0.1) is 17.7 Å². The number of hydrogen-bond acceptors (Lipinski definition) is 8. The molecule has 0 aliphatic carbocycles. The average Bonchev–Trinajstić information content (AvgIpc) is 3.24. The van der Waals surface area contributed by atoms with Gasteiger partial charge >= 0.3 is 0 Å². The molecule has 5 rings (SSSR count). The number of nitrogens with zero attached hydrogens (tertiary/aromatic N) is 1. The number of Topliss-reactive ketones (excluding diaryl/α,β-unsaturated/α-hetero) is 3. The summed E-state index contributed by atoms with van der Waals surface area (Å²) in [4.78, 5) is 39.8. The van der Waals surface area contributed by atoms with Gasteiger partial charge in [-0.1, -0.05) is 151 Å². The van der Waals surface area contributed by atoms with Gasteiger partial charge in [0.2, 0.25) is 0 Å². The monoisotopic (exact) mass is 900 g/mol. The average molecular weight is 900 g/mol. The van der Waals surface area contributed by atoms with Gasteiger partial charge in [0.15, 0.2) is 17.3 Å². The van der Waals surface area contributed by atoms with Crippen molar-refractivity contribution in [3.63, 3.8) is 0 Å². The summed E-state index contributed by atoms with van der Waals surface area (Å²) in [6.45, 7) is 25.9. The molecule has 0 aromatic heterocycles. The maximum atomic E-state index is 14.0. The Morgan fingerprint density at radius 3 is 1.09 bits per heavy atom. The van der Waals surface area contributed by atoms with Crippen LogP contribution in [0, 0.1) is 0 Å². The number of carbonyl (C=O) groups excluding carboxylic acids is 3. The minimum absolute atomic E-state index is 0.0638. The van der Waals surface area contributed by atoms with Crippen LogP contribution in [0.3, 0.4) is 0 Å². The number of hydrogen-bond donors (Lipinski definition) is 2. The Morgan fingerprint density at radius 2 is 0.788 bits per heavy atom. The second-order valence-corrected chi connectivity index (χ2v) is 21.3. The van der Waals surface area contributed by atoms with Crippen LogP contribution in [0.4, 0.5) is 0 Å². The van der Waals surface area contributed by atoms with E-state index in [1.165, 1.54) is 49.9 Å². The zero-order chi connectivity index (χ0) is 49.7. The van der Waals surface area contributed by atoms with Gasteiger partial charge in [0.1, 0.15) is 23.6 Å². The largest absolute Gasteiger partial charge is 0.491 e. The lowest BCUT2D eigenvalue weighted by Gasteiger charge is -2.39. The molecular formula is C58H77NO7. The molecule has 0 fully saturated rings. The molecule has 356 valence electrons. The highest BCUT2D eigenvalue weighted by Gasteiger charge is 2.41. The Bertz CT molecular complexity index is 2220. The second kappa shape index (κ2) is 23.0. The number of rotatable bonds is 15. The molecule has 0 aliphatic rings. The molecule has 0 unspecified atom stereocenters. The number of ketones is 3. The highest BCUT2D eigenvalue weighted by Crippen LogP contribution is 2.31. The van der Waals surface area contributed by atoms with Gasteiger partial charge in [-0.2, -0.15) is 0 Å². The number of aliphatic hydroxyl groups is 2. The minimum atomic E-state index is -1.36. The fourth-order valence-corrected chi connectivity index (χ4v) is 7.04. The zero-order valence-corrected chi connectivity index (χ0v) is 42.4. The van der Waals surface area contributed by atoms with E-state index in [9.17, 15) is 24.6 Å². The molecular weight excluding hydrogens is 823 g/mol. The standard InChI is InChI=1S/C28H33NO.C16H24O4.C14H20O2/c1-27(2,3)25-18-16-24(17-19-25)26(30)28(29(4)5,20-22-12-8-6-9-13-22)21-23-14-10-7-11-15-23;1-15(2,3)20-11-10-19-13-8-6-12(7-9-13)14(17)16(4,5)18;1-13(2,3)11-8-6-10(7-9-11)12(15)14(4,5)16/h6-19H,20-21H2,1-5H3;6-9,18H,10-11H2,1-5H3;6-9,16H,1-5H3. The first-order valence-corrected chi connectivity index (χ1v) is 22.9. The van der Waals surface area contributed by atoms with Gasteiger partial charge in [0, 0.05) is 16.7 Å². The van der Waals surface area contributed by atoms with E-state index >= 15 is 0 Å². The van der Waals surface area contributed by atoms with E-state index in [0.29, 0.717) is 42.9 Å². The SMILES string of the molecule is CC(C)(C)OCCOc1ccc(C(=O)C(C)(C)O)cc1.CC(C)(O)C(=O)c1ccc(C(C)(C)C)cc1.CN(C)C(Cc1ccccc1)(Cc1ccccc1)C(=O)c1ccc(C(C)(C)C)cc1. The molecule has 0 saturated carbocycles. The predicted octanol–water partition coefficient (Wildman–Crippen LogP) is 11.7. The predicted molar refractivity (Wildman–Crippen MR) is 270 cm³/mol. The van der Waals surface area contributed by atoms with Gasteiger partial charge in [-0.3, -0.25) is 19.3 Å². The summed E-state index contributed by atoms with van der Waals surface area (Å²) in [6.07, 6.45) is 1.32. The molecule has 8 heteroatoms. The third-order valence-corrected chi connectivity index (χ3v) is 11.1. The van der Waals surface area contributed by atoms with Crippen molar-refractivity contribution < 1.29 is 34.1 Å². The fourth-order valence-electron chi connectivity index (χ4n) is 7.04. The first kappa shape index (κ1) is 55.1. The quantitative estimate of drug-likeness (QED) is 0.0789. The summed E-state index contributed by atoms with van der Waals surface area (Å²) >= 11 is 0. The molecule has 0 atom stereocenters. The van der Waals surface area contributed by atoms with Crippen LogP contribution in [-0.4, -0.2) is 82.1 Å². The van der Waals surface area contributed by atoms with Crippen LogP contribution in [0.25, 0.3) is 0 Å². The molecule has 0 saturated heterocycles. The summed E-state index contributed by atoms with van der Waals surface area (Å²) in [7, 11) is 4.04. The number of ether oxygens (including phenoxy) is 2. The third-order valence-electron chi connectivity index (χ3n) is 11.1.